The van der Waals surface area contributed by atoms with E-state index in [4.69, 9.17) is 20.9 Å². The van der Waals surface area contributed by atoms with Crippen LogP contribution in [0.25, 0.3) is 11.5 Å². The van der Waals surface area contributed by atoms with Gasteiger partial charge in [0.25, 0.3) is 5.89 Å². The van der Waals surface area contributed by atoms with Crippen LogP contribution in [-0.2, 0) is 11.2 Å². The van der Waals surface area contributed by atoms with E-state index in [1.807, 2.05) is 44.2 Å². The Labute approximate surface area is 185 Å². The molecule has 0 unspecified atom stereocenters. The Hall–Kier alpha value is -3.19. The highest BCUT2D eigenvalue weighted by atomic mass is 35.5. The van der Waals surface area contributed by atoms with Crippen molar-refractivity contribution in [2.24, 2.45) is 5.92 Å². The maximum Gasteiger partial charge on any atom is 0.257 e. The molecule has 1 atom stereocenters. The van der Waals surface area contributed by atoms with Crippen LogP contribution in [0, 0.1) is 5.92 Å². The van der Waals surface area contributed by atoms with Crippen LogP contribution in [0.3, 0.4) is 0 Å². The average Bonchev–Trinajstić information content (AvgIpc) is 3.23. The summed E-state index contributed by atoms with van der Waals surface area (Å²) in [5.74, 6) is 0.105. The number of ketones is 1. The van der Waals surface area contributed by atoms with Gasteiger partial charge in [0.2, 0.25) is 5.91 Å². The molecule has 2 aromatic carbocycles. The summed E-state index contributed by atoms with van der Waals surface area (Å²) in [7, 11) is 1.53. The van der Waals surface area contributed by atoms with Crippen molar-refractivity contribution >= 4 is 23.3 Å². The minimum absolute atomic E-state index is 0.0183. The van der Waals surface area contributed by atoms with Gasteiger partial charge in [-0.25, -0.2) is 0 Å². The van der Waals surface area contributed by atoms with Gasteiger partial charge in [-0.1, -0.05) is 35.0 Å². The molecule has 1 heterocycles. The van der Waals surface area contributed by atoms with Crippen molar-refractivity contribution < 1.29 is 18.8 Å². The van der Waals surface area contributed by atoms with Crippen molar-refractivity contribution in [2.75, 3.05) is 7.05 Å². The number of nitrogens with one attached hydrogen (secondary N) is 1. The Bertz CT molecular complexity index is 1050. The van der Waals surface area contributed by atoms with Crippen LogP contribution in [0.2, 0.25) is 5.02 Å². The van der Waals surface area contributed by atoms with Crippen LogP contribution in [0.1, 0.15) is 36.5 Å². The van der Waals surface area contributed by atoms with Crippen LogP contribution in [-0.4, -0.2) is 35.0 Å². The average molecular weight is 442 g/mol. The number of ether oxygens (including phenoxy) is 1. The van der Waals surface area contributed by atoms with Gasteiger partial charge < -0.3 is 14.6 Å². The molecule has 0 saturated heterocycles. The molecular weight excluding hydrogens is 418 g/mol. The first kappa shape index (κ1) is 22.5. The summed E-state index contributed by atoms with van der Waals surface area (Å²) >= 11 is 6.25. The molecule has 3 aromatic rings. The van der Waals surface area contributed by atoms with Crippen molar-refractivity contribution in [3.8, 4) is 17.2 Å². The summed E-state index contributed by atoms with van der Waals surface area (Å²) in [4.78, 5) is 29.6. The molecule has 3 rings (SSSR count). The summed E-state index contributed by atoms with van der Waals surface area (Å²) in [5.41, 5.74) is 1.19. The monoisotopic (exact) mass is 441 g/mol. The second-order valence-corrected chi connectivity index (χ2v) is 7.74. The van der Waals surface area contributed by atoms with Crippen LogP contribution in [0.4, 0.5) is 0 Å². The van der Waals surface area contributed by atoms with E-state index in [-0.39, 0.29) is 30.6 Å². The van der Waals surface area contributed by atoms with E-state index in [9.17, 15) is 9.59 Å². The quantitative estimate of drug-likeness (QED) is 0.496. The van der Waals surface area contributed by atoms with Crippen molar-refractivity contribution in [1.82, 2.24) is 15.5 Å². The highest BCUT2D eigenvalue weighted by molar-refractivity contribution is 6.32. The molecule has 0 aliphatic heterocycles. The summed E-state index contributed by atoms with van der Waals surface area (Å²) < 4.78 is 10.9. The molecule has 7 nitrogen and oxygen atoms in total. The third kappa shape index (κ3) is 5.92. The fraction of sp³-hybridized carbons (Fsp3) is 0.304. The number of aromatic nitrogens is 2. The molecule has 8 heteroatoms. The molecule has 0 aliphatic rings. The smallest absolute Gasteiger partial charge is 0.257 e. The first-order valence-electron chi connectivity index (χ1n) is 9.96. The fourth-order valence-electron chi connectivity index (χ4n) is 3.08. The maximum atomic E-state index is 12.8. The lowest BCUT2D eigenvalue weighted by Crippen LogP contribution is -2.31. The van der Waals surface area contributed by atoms with Gasteiger partial charge in [0.05, 0.1) is 17.0 Å². The number of Topliss-reactive ketones (excluding diaryl/α,β-unsaturated/α-hetero) is 1. The Kier molecular flexibility index (Phi) is 7.41. The predicted octanol–water partition coefficient (Wildman–Crippen LogP) is 4.35. The van der Waals surface area contributed by atoms with Crippen LogP contribution in [0.15, 0.2) is 53.1 Å². The number of rotatable bonds is 9. The zero-order chi connectivity index (χ0) is 22.4. The highest BCUT2D eigenvalue weighted by Gasteiger charge is 2.25. The van der Waals surface area contributed by atoms with Crippen molar-refractivity contribution in [3.63, 3.8) is 0 Å². The second-order valence-electron chi connectivity index (χ2n) is 7.34. The number of halogens is 1. The van der Waals surface area contributed by atoms with Crippen LogP contribution in [0.5, 0.6) is 5.75 Å². The number of nitrogens with zero attached hydrogens (tertiary/aromatic N) is 2. The molecule has 1 aromatic heterocycles. The lowest BCUT2D eigenvalue weighted by Gasteiger charge is -2.14. The zero-order valence-electron chi connectivity index (χ0n) is 17.6. The van der Waals surface area contributed by atoms with Gasteiger partial charge >= 0.3 is 0 Å². The lowest BCUT2D eigenvalue weighted by molar-refractivity contribution is -0.124. The minimum atomic E-state index is -0.649. The van der Waals surface area contributed by atoms with Crippen molar-refractivity contribution in [2.45, 2.75) is 32.8 Å². The largest absolute Gasteiger partial charge is 0.489 e. The summed E-state index contributed by atoms with van der Waals surface area (Å²) in [6.07, 6.45) is 0.118. The Balaban J connectivity index is 1.73. The number of carbonyl (C=O) groups excluding carboxylic acids is 2. The predicted molar refractivity (Wildman–Crippen MR) is 117 cm³/mol. The third-order valence-corrected chi connectivity index (χ3v) is 4.88. The topological polar surface area (TPSA) is 94.3 Å². The number of benzene rings is 2. The van der Waals surface area contributed by atoms with E-state index in [0.717, 1.165) is 5.56 Å². The third-order valence-electron chi connectivity index (χ3n) is 4.58. The van der Waals surface area contributed by atoms with Gasteiger partial charge in [0.1, 0.15) is 5.75 Å². The van der Waals surface area contributed by atoms with E-state index in [2.05, 4.69) is 15.5 Å². The van der Waals surface area contributed by atoms with E-state index in [0.29, 0.717) is 28.1 Å². The normalized spacial score (nSPS) is 11.9. The lowest BCUT2D eigenvalue weighted by atomic mass is 9.94. The Morgan fingerprint density at radius 2 is 1.90 bits per heavy atom. The van der Waals surface area contributed by atoms with Crippen molar-refractivity contribution in [1.29, 1.82) is 0 Å². The first-order valence-corrected chi connectivity index (χ1v) is 10.3. The zero-order valence-corrected chi connectivity index (χ0v) is 18.3. The molecule has 162 valence electrons. The molecule has 1 amide bonds. The molecule has 0 fully saturated rings. The minimum Gasteiger partial charge on any atom is -0.489 e. The second kappa shape index (κ2) is 10.2. The first-order chi connectivity index (χ1) is 14.9. The van der Waals surface area contributed by atoms with E-state index >= 15 is 0 Å². The summed E-state index contributed by atoms with van der Waals surface area (Å²) in [5, 5.41) is 6.92. The molecule has 0 saturated carbocycles. The maximum absolute atomic E-state index is 12.8. The molecule has 0 spiro atoms. The molecular formula is C23H24ClN3O4. The Morgan fingerprint density at radius 3 is 2.55 bits per heavy atom. The number of carbonyl (C=O) groups is 2. The van der Waals surface area contributed by atoms with E-state index in [1.165, 1.54) is 7.05 Å². The summed E-state index contributed by atoms with van der Waals surface area (Å²) in [6.45, 7) is 3.79. The van der Waals surface area contributed by atoms with Gasteiger partial charge in [0, 0.05) is 31.0 Å². The number of hydrogen-bond acceptors (Lipinski definition) is 6. The highest BCUT2D eigenvalue weighted by Crippen LogP contribution is 2.28. The number of hydrogen-bond donors (Lipinski definition) is 1. The van der Waals surface area contributed by atoms with Crippen LogP contribution >= 0.6 is 11.6 Å². The fourth-order valence-corrected chi connectivity index (χ4v) is 3.31. The van der Waals surface area contributed by atoms with Gasteiger partial charge in [-0.15, -0.1) is 0 Å². The molecule has 31 heavy (non-hydrogen) atoms. The molecule has 0 aliphatic carbocycles. The molecule has 0 bridgehead atoms. The van der Waals surface area contributed by atoms with Gasteiger partial charge in [0.15, 0.2) is 11.6 Å². The van der Waals surface area contributed by atoms with E-state index in [1.54, 1.807) is 18.2 Å². The summed E-state index contributed by atoms with van der Waals surface area (Å²) in [6, 6.07) is 14.2. The SMILES string of the molecule is CNC(=O)[C@@H](CC(=O)c1ccc(OC(C)C)c(Cl)c1)Cc1noc(-c2ccccc2)n1. The standard InChI is InChI=1S/C23H24ClN3O4/c1-14(2)30-20-10-9-16(11-18(20)24)19(28)12-17(22(29)25-3)13-21-26-23(31-27-21)15-7-5-4-6-8-15/h4-11,14,17H,12-13H2,1-3H3,(H,25,29)/t17-/m0/s1. The van der Waals surface area contributed by atoms with Gasteiger partial charge in [-0.3, -0.25) is 9.59 Å². The van der Waals surface area contributed by atoms with Crippen molar-refractivity contribution in [3.05, 3.63) is 64.9 Å². The molecule has 0 radical (unpaired) electrons. The number of amides is 1. The molecule has 1 N–H and O–H groups in total. The van der Waals surface area contributed by atoms with Crippen LogP contribution < -0.4 is 10.1 Å². The van der Waals surface area contributed by atoms with Gasteiger partial charge in [-0.05, 0) is 44.2 Å². The van der Waals surface area contributed by atoms with E-state index < -0.39 is 5.92 Å². The van der Waals surface area contributed by atoms with Gasteiger partial charge in [-0.2, -0.15) is 4.98 Å². The Morgan fingerprint density at radius 1 is 1.16 bits per heavy atom.